The number of piperidine rings is 1. The van der Waals surface area contributed by atoms with Crippen molar-refractivity contribution in [3.05, 3.63) is 23.7 Å². The Morgan fingerprint density at radius 1 is 1.32 bits per heavy atom. The number of amides is 1. The van der Waals surface area contributed by atoms with E-state index >= 15 is 0 Å². The number of carboxylic acid groups (broad SMARTS) is 1. The maximum atomic E-state index is 11.4. The molecule has 0 saturated carbocycles. The summed E-state index contributed by atoms with van der Waals surface area (Å²) in [4.78, 5) is 22.7. The number of furan rings is 1. The summed E-state index contributed by atoms with van der Waals surface area (Å²) >= 11 is 0. The molecule has 2 N–H and O–H groups in total. The van der Waals surface area contributed by atoms with Gasteiger partial charge in [-0.05, 0) is 31.9 Å². The van der Waals surface area contributed by atoms with Crippen molar-refractivity contribution in [2.75, 3.05) is 19.7 Å². The van der Waals surface area contributed by atoms with Crippen LogP contribution < -0.4 is 5.32 Å². The average Bonchev–Trinajstić information content (AvgIpc) is 3.08. The minimum Gasteiger partial charge on any atom is -0.475 e. The molecular weight excluding hydrogens is 381 g/mol. The molecule has 0 bridgehead atoms. The number of carbonyl (C=O) groups excluding carboxylic acids is 1. The van der Waals surface area contributed by atoms with E-state index in [0.717, 1.165) is 50.4 Å². The molecule has 0 aromatic carbocycles. The van der Waals surface area contributed by atoms with E-state index < -0.39 is 12.1 Å². The zero-order chi connectivity index (χ0) is 20.9. The maximum absolute atomic E-state index is 11.4. The number of rotatable bonds is 3. The molecular formula is C18H25F3N2O5. The number of morpholine rings is 1. The van der Waals surface area contributed by atoms with E-state index in [4.69, 9.17) is 19.1 Å². The van der Waals surface area contributed by atoms with Gasteiger partial charge in [0.25, 0.3) is 0 Å². The molecule has 2 aliphatic heterocycles. The van der Waals surface area contributed by atoms with E-state index in [1.54, 1.807) is 0 Å². The van der Waals surface area contributed by atoms with Crippen molar-refractivity contribution in [1.82, 2.24) is 10.2 Å². The highest BCUT2D eigenvalue weighted by atomic mass is 19.4. The van der Waals surface area contributed by atoms with E-state index in [-0.39, 0.29) is 24.2 Å². The highest BCUT2D eigenvalue weighted by molar-refractivity contribution is 5.78. The predicted octanol–water partition coefficient (Wildman–Crippen LogP) is 2.34. The second kappa shape index (κ2) is 8.95. The zero-order valence-corrected chi connectivity index (χ0v) is 15.8. The van der Waals surface area contributed by atoms with Crippen molar-refractivity contribution in [3.63, 3.8) is 0 Å². The highest BCUT2D eigenvalue weighted by Crippen LogP contribution is 2.32. The first-order valence-corrected chi connectivity index (χ1v) is 9.09. The third-order valence-corrected chi connectivity index (χ3v) is 5.05. The Morgan fingerprint density at radius 3 is 2.36 bits per heavy atom. The second-order valence-corrected chi connectivity index (χ2v) is 6.94. The molecule has 1 aromatic rings. The Bertz CT molecular complexity index is 681. The Balaban J connectivity index is 0.000000345. The van der Waals surface area contributed by atoms with Gasteiger partial charge in [0, 0.05) is 19.5 Å². The van der Waals surface area contributed by atoms with Crippen LogP contribution in [0.4, 0.5) is 13.2 Å². The van der Waals surface area contributed by atoms with E-state index in [1.165, 1.54) is 0 Å². The highest BCUT2D eigenvalue weighted by Gasteiger charge is 2.44. The van der Waals surface area contributed by atoms with E-state index in [0.29, 0.717) is 0 Å². The van der Waals surface area contributed by atoms with Crippen molar-refractivity contribution in [1.29, 1.82) is 0 Å². The minimum atomic E-state index is -5.08. The summed E-state index contributed by atoms with van der Waals surface area (Å²) in [6.45, 7) is 7.15. The lowest BCUT2D eigenvalue weighted by atomic mass is 9.83. The SMILES string of the molecule is CCc1ccc(CN2CCC3(CC2)OCC(=O)NC3C)o1.O=C(O)C(F)(F)F. The molecule has 158 valence electrons. The average molecular weight is 406 g/mol. The molecule has 1 unspecified atom stereocenters. The molecule has 28 heavy (non-hydrogen) atoms. The number of hydrogen-bond acceptors (Lipinski definition) is 5. The summed E-state index contributed by atoms with van der Waals surface area (Å²) in [6, 6.07) is 4.22. The van der Waals surface area contributed by atoms with Gasteiger partial charge in [-0.3, -0.25) is 9.69 Å². The minimum absolute atomic E-state index is 0.00163. The maximum Gasteiger partial charge on any atom is 0.490 e. The van der Waals surface area contributed by atoms with Gasteiger partial charge < -0.3 is 19.6 Å². The van der Waals surface area contributed by atoms with Crippen LogP contribution in [0.15, 0.2) is 16.5 Å². The summed E-state index contributed by atoms with van der Waals surface area (Å²) in [5, 5.41) is 10.1. The topological polar surface area (TPSA) is 92.0 Å². The van der Waals surface area contributed by atoms with Crippen LogP contribution in [0.25, 0.3) is 0 Å². The van der Waals surface area contributed by atoms with Crippen LogP contribution in [0.5, 0.6) is 0 Å². The third-order valence-electron chi connectivity index (χ3n) is 5.05. The Morgan fingerprint density at radius 2 is 1.89 bits per heavy atom. The first-order valence-electron chi connectivity index (χ1n) is 9.09. The molecule has 2 aliphatic rings. The lowest BCUT2D eigenvalue weighted by Crippen LogP contribution is -2.62. The number of nitrogens with one attached hydrogen (secondary N) is 1. The van der Waals surface area contributed by atoms with Crippen molar-refractivity contribution in [2.24, 2.45) is 0 Å². The molecule has 1 amide bonds. The number of halogens is 3. The number of carboxylic acids is 1. The third kappa shape index (κ3) is 5.71. The molecule has 0 radical (unpaired) electrons. The fraction of sp³-hybridized carbons (Fsp3) is 0.667. The number of carbonyl (C=O) groups is 2. The van der Waals surface area contributed by atoms with Crippen LogP contribution in [0.1, 0.15) is 38.2 Å². The van der Waals surface area contributed by atoms with Crippen LogP contribution in [-0.4, -0.2) is 59.4 Å². The van der Waals surface area contributed by atoms with Crippen molar-refractivity contribution >= 4 is 11.9 Å². The fourth-order valence-corrected chi connectivity index (χ4v) is 3.33. The molecule has 2 saturated heterocycles. The molecule has 1 atom stereocenters. The number of aliphatic carboxylic acids is 1. The number of alkyl halides is 3. The van der Waals surface area contributed by atoms with E-state index in [9.17, 15) is 18.0 Å². The van der Waals surface area contributed by atoms with Crippen molar-refractivity contribution < 1.29 is 37.0 Å². The zero-order valence-electron chi connectivity index (χ0n) is 15.8. The summed E-state index contributed by atoms with van der Waals surface area (Å²) in [5.74, 6) is -0.676. The van der Waals surface area contributed by atoms with Crippen molar-refractivity contribution in [2.45, 2.75) is 57.5 Å². The summed E-state index contributed by atoms with van der Waals surface area (Å²) in [7, 11) is 0. The monoisotopic (exact) mass is 406 g/mol. The normalized spacial score (nSPS) is 22.3. The lowest BCUT2D eigenvalue weighted by molar-refractivity contribution is -0.192. The van der Waals surface area contributed by atoms with E-state index in [2.05, 4.69) is 29.3 Å². The molecule has 1 aromatic heterocycles. The van der Waals surface area contributed by atoms with Crippen molar-refractivity contribution in [3.8, 4) is 0 Å². The van der Waals surface area contributed by atoms with Gasteiger partial charge in [-0.25, -0.2) is 4.79 Å². The largest absolute Gasteiger partial charge is 0.490 e. The molecule has 10 heteroatoms. The van der Waals surface area contributed by atoms with Crippen LogP contribution >= 0.6 is 0 Å². The fourth-order valence-electron chi connectivity index (χ4n) is 3.33. The lowest BCUT2D eigenvalue weighted by Gasteiger charge is -2.47. The van der Waals surface area contributed by atoms with Gasteiger partial charge >= 0.3 is 12.1 Å². The number of ether oxygens (including phenoxy) is 1. The molecule has 1 spiro atoms. The summed E-state index contributed by atoms with van der Waals surface area (Å²) in [5.41, 5.74) is -0.178. The summed E-state index contributed by atoms with van der Waals surface area (Å²) < 4.78 is 43.4. The number of hydrogen-bond donors (Lipinski definition) is 2. The van der Waals surface area contributed by atoms with Crippen LogP contribution in [0.2, 0.25) is 0 Å². The van der Waals surface area contributed by atoms with Crippen LogP contribution in [-0.2, 0) is 27.3 Å². The van der Waals surface area contributed by atoms with Gasteiger partial charge in [-0.15, -0.1) is 0 Å². The van der Waals surface area contributed by atoms with Gasteiger partial charge in [-0.1, -0.05) is 6.92 Å². The number of nitrogens with zero attached hydrogens (tertiary/aromatic N) is 1. The number of aryl methyl sites for hydroxylation is 1. The molecule has 3 heterocycles. The first kappa shape index (κ1) is 22.2. The Hall–Kier alpha value is -2.07. The molecule has 7 nitrogen and oxygen atoms in total. The standard InChI is InChI=1S/C16H24N2O3.C2HF3O2/c1-3-13-4-5-14(21-13)10-18-8-6-16(7-9-18)12(2)17-15(19)11-20-16;3-2(4,5)1(6)7/h4-5,12H,3,6-11H2,1-2H3,(H,17,19);(H,6,7). The first-order chi connectivity index (χ1) is 13.1. The van der Waals surface area contributed by atoms with Gasteiger partial charge in [-0.2, -0.15) is 13.2 Å². The van der Waals surface area contributed by atoms with Gasteiger partial charge in [0.05, 0.1) is 18.2 Å². The van der Waals surface area contributed by atoms with E-state index in [1.807, 2.05) is 6.92 Å². The molecule has 0 aliphatic carbocycles. The second-order valence-electron chi connectivity index (χ2n) is 6.94. The Kier molecular flexibility index (Phi) is 7.11. The predicted molar refractivity (Wildman–Crippen MR) is 92.6 cm³/mol. The van der Waals surface area contributed by atoms with Gasteiger partial charge in [0.1, 0.15) is 18.1 Å². The Labute approximate surface area is 160 Å². The van der Waals surface area contributed by atoms with Gasteiger partial charge in [0.15, 0.2) is 0 Å². The van der Waals surface area contributed by atoms with Crippen LogP contribution in [0, 0.1) is 0 Å². The van der Waals surface area contributed by atoms with Crippen LogP contribution in [0.3, 0.4) is 0 Å². The quantitative estimate of drug-likeness (QED) is 0.801. The smallest absolute Gasteiger partial charge is 0.475 e. The molecule has 3 rings (SSSR count). The number of likely N-dealkylation sites (tertiary alicyclic amines) is 1. The van der Waals surface area contributed by atoms with Gasteiger partial charge in [0.2, 0.25) is 5.91 Å². The molecule has 2 fully saturated rings. The summed E-state index contributed by atoms with van der Waals surface area (Å²) in [6.07, 6.45) is -2.24.